The fraction of sp³-hybridized carbons (Fsp3) is 0.464. The fourth-order valence-corrected chi connectivity index (χ4v) is 7.17. The molecule has 1 aliphatic carbocycles. The van der Waals surface area contributed by atoms with E-state index in [-0.39, 0.29) is 63.1 Å². The van der Waals surface area contributed by atoms with Gasteiger partial charge in [0.1, 0.15) is 29.9 Å². The highest BCUT2D eigenvalue weighted by atomic mass is 32.1. The molecule has 3 fully saturated rings. The van der Waals surface area contributed by atoms with Crippen molar-refractivity contribution in [2.75, 3.05) is 30.7 Å². The molecule has 2 aliphatic heterocycles. The molecule has 0 bridgehead atoms. The average Bonchev–Trinajstić information content (AvgIpc) is 3.21. The Kier molecular flexibility index (Phi) is 6.25. The lowest BCUT2D eigenvalue weighted by molar-refractivity contribution is -0.137. The Morgan fingerprint density at radius 1 is 1.19 bits per heavy atom. The van der Waals surface area contributed by atoms with Gasteiger partial charge >= 0.3 is 12.2 Å². The Hall–Kier alpha value is -3.39. The molecule has 2 saturated heterocycles. The topological polar surface area (TPSA) is 89.2 Å². The summed E-state index contributed by atoms with van der Waals surface area (Å²) in [6, 6.07) is 2.53. The Balaban J connectivity index is 1.40. The van der Waals surface area contributed by atoms with E-state index in [0.29, 0.717) is 6.54 Å². The van der Waals surface area contributed by atoms with Gasteiger partial charge in [0.2, 0.25) is 0 Å². The summed E-state index contributed by atoms with van der Waals surface area (Å²) in [4.78, 5) is 14.7. The molecule has 3 aliphatic rings. The zero-order valence-electron chi connectivity index (χ0n) is 22.4. The second-order valence-electron chi connectivity index (χ2n) is 11.5. The van der Waals surface area contributed by atoms with Gasteiger partial charge in [0.15, 0.2) is 10.9 Å². The fourth-order valence-electron chi connectivity index (χ4n) is 6.41. The van der Waals surface area contributed by atoms with Crippen LogP contribution in [0.25, 0.3) is 32.2 Å². The third kappa shape index (κ3) is 4.50. The van der Waals surface area contributed by atoms with E-state index in [1.54, 1.807) is 0 Å². The van der Waals surface area contributed by atoms with Crippen LogP contribution in [0.4, 0.5) is 37.3 Å². The maximum atomic E-state index is 16.5. The minimum Gasteiger partial charge on any atom is -0.461 e. The van der Waals surface area contributed by atoms with Gasteiger partial charge in [-0.05, 0) is 49.9 Å². The summed E-state index contributed by atoms with van der Waals surface area (Å²) in [7, 11) is 0. The van der Waals surface area contributed by atoms with Crippen molar-refractivity contribution in [2.24, 2.45) is 5.92 Å². The number of benzene rings is 2. The third-order valence-electron chi connectivity index (χ3n) is 8.66. The summed E-state index contributed by atoms with van der Waals surface area (Å²) in [6.07, 6.45) is -3.32. The Morgan fingerprint density at radius 2 is 1.98 bits per heavy atom. The van der Waals surface area contributed by atoms with Gasteiger partial charge in [-0.3, -0.25) is 4.90 Å². The van der Waals surface area contributed by atoms with Gasteiger partial charge in [-0.25, -0.2) is 18.2 Å². The van der Waals surface area contributed by atoms with Crippen LogP contribution >= 0.6 is 11.3 Å². The Bertz CT molecular complexity index is 1730. The van der Waals surface area contributed by atoms with E-state index < -0.39 is 46.2 Å². The molecule has 222 valence electrons. The number of halogens is 6. The van der Waals surface area contributed by atoms with Crippen molar-refractivity contribution in [3.8, 4) is 17.1 Å². The maximum absolute atomic E-state index is 16.5. The highest BCUT2D eigenvalue weighted by Crippen LogP contribution is 2.46. The SMILES string of the molecule is CC1CC1Nc1nc(OC[C@@]23CCCN2C[C@H](F)C3)nc2c(F)c(-c3ccc(F)c4sc(N)nc34)c(C(F)(F)F)cc12. The van der Waals surface area contributed by atoms with Crippen LogP contribution in [0.15, 0.2) is 18.2 Å². The lowest BCUT2D eigenvalue weighted by Crippen LogP contribution is -2.43. The first kappa shape index (κ1) is 27.4. The van der Waals surface area contributed by atoms with Gasteiger partial charge in [-0.2, -0.15) is 23.1 Å². The van der Waals surface area contributed by atoms with Crippen LogP contribution in [0.1, 0.15) is 38.2 Å². The molecule has 4 heterocycles. The highest BCUT2D eigenvalue weighted by molar-refractivity contribution is 7.22. The average molecular weight is 609 g/mol. The molecule has 14 heteroatoms. The Labute approximate surface area is 240 Å². The zero-order chi connectivity index (χ0) is 29.6. The van der Waals surface area contributed by atoms with E-state index in [2.05, 4.69) is 20.3 Å². The molecular weight excluding hydrogens is 582 g/mol. The van der Waals surface area contributed by atoms with E-state index in [9.17, 15) is 22.0 Å². The minimum absolute atomic E-state index is 0.0121. The van der Waals surface area contributed by atoms with Crippen LogP contribution in [0, 0.1) is 17.6 Å². The van der Waals surface area contributed by atoms with Crippen molar-refractivity contribution < 1.29 is 31.1 Å². The van der Waals surface area contributed by atoms with Gasteiger partial charge in [0.05, 0.1) is 21.3 Å². The standard InChI is InChI=1S/C28H26F6N6OS/c1-12-7-18(12)36-24-15-8-16(28(32,33)34)19(14-3-4-17(30)23-22(14)37-25(35)42-23)20(31)21(15)38-26(39-24)41-11-27-5-2-6-40(27)10-13(29)9-27/h3-4,8,12-13,18H,2,5-7,9-11H2,1H3,(H2,35,37)(H,36,38,39)/t12?,13-,18?,27+/m1/s1. The lowest BCUT2D eigenvalue weighted by atomic mass is 9.95. The van der Waals surface area contributed by atoms with E-state index in [0.717, 1.165) is 55.3 Å². The van der Waals surface area contributed by atoms with Crippen molar-refractivity contribution in [3.63, 3.8) is 0 Å². The van der Waals surface area contributed by atoms with Crippen molar-refractivity contribution in [2.45, 2.75) is 56.5 Å². The van der Waals surface area contributed by atoms with E-state index in [1.807, 2.05) is 11.8 Å². The summed E-state index contributed by atoms with van der Waals surface area (Å²) in [6.45, 7) is 3.07. The zero-order valence-corrected chi connectivity index (χ0v) is 23.2. The van der Waals surface area contributed by atoms with Crippen LogP contribution in [-0.2, 0) is 6.18 Å². The number of nitrogens with zero attached hydrogens (tertiary/aromatic N) is 4. The number of thiazole rings is 1. The van der Waals surface area contributed by atoms with Crippen molar-refractivity contribution in [1.29, 1.82) is 0 Å². The first-order valence-corrected chi connectivity index (χ1v) is 14.5. The second-order valence-corrected chi connectivity index (χ2v) is 12.5. The molecule has 7 rings (SSSR count). The van der Waals surface area contributed by atoms with Crippen LogP contribution in [0.2, 0.25) is 0 Å². The molecule has 0 amide bonds. The van der Waals surface area contributed by atoms with Crippen LogP contribution in [0.5, 0.6) is 6.01 Å². The quantitative estimate of drug-likeness (QED) is 0.240. The molecule has 1 saturated carbocycles. The molecule has 7 nitrogen and oxygen atoms in total. The predicted octanol–water partition coefficient (Wildman–Crippen LogP) is 6.56. The first-order valence-electron chi connectivity index (χ1n) is 13.7. The number of ether oxygens (including phenoxy) is 1. The molecular formula is C28H26F6N6OS. The van der Waals surface area contributed by atoms with Crippen LogP contribution in [0.3, 0.4) is 0 Å². The molecule has 3 N–H and O–H groups in total. The lowest BCUT2D eigenvalue weighted by Gasteiger charge is -2.30. The van der Waals surface area contributed by atoms with Crippen molar-refractivity contribution in [1.82, 2.24) is 19.9 Å². The highest BCUT2D eigenvalue weighted by Gasteiger charge is 2.49. The Morgan fingerprint density at radius 3 is 2.71 bits per heavy atom. The largest absolute Gasteiger partial charge is 0.461 e. The number of nitrogen functional groups attached to an aromatic ring is 1. The van der Waals surface area contributed by atoms with Gasteiger partial charge in [-0.1, -0.05) is 18.3 Å². The molecule has 2 aromatic heterocycles. The number of anilines is 2. The van der Waals surface area contributed by atoms with Crippen LogP contribution < -0.4 is 15.8 Å². The summed E-state index contributed by atoms with van der Waals surface area (Å²) in [5.74, 6) is -1.75. The number of aromatic nitrogens is 3. The number of nitrogens with one attached hydrogen (secondary N) is 1. The molecule has 0 spiro atoms. The monoisotopic (exact) mass is 608 g/mol. The molecule has 2 aromatic carbocycles. The molecule has 2 unspecified atom stereocenters. The van der Waals surface area contributed by atoms with E-state index >= 15 is 4.39 Å². The van der Waals surface area contributed by atoms with Gasteiger partial charge in [-0.15, -0.1) is 0 Å². The predicted molar refractivity (Wildman–Crippen MR) is 147 cm³/mol. The molecule has 0 radical (unpaired) electrons. The summed E-state index contributed by atoms with van der Waals surface area (Å²) < 4.78 is 94.7. The number of hydrogen-bond donors (Lipinski definition) is 2. The number of nitrogens with two attached hydrogens (primary N) is 1. The van der Waals surface area contributed by atoms with E-state index in [1.165, 1.54) is 0 Å². The van der Waals surface area contributed by atoms with Crippen LogP contribution in [-0.4, -0.2) is 57.3 Å². The van der Waals surface area contributed by atoms with Crippen molar-refractivity contribution >= 4 is 43.4 Å². The van der Waals surface area contributed by atoms with Gasteiger partial charge in [0, 0.05) is 35.5 Å². The summed E-state index contributed by atoms with van der Waals surface area (Å²) in [5, 5.41) is 2.88. The number of hydrogen-bond acceptors (Lipinski definition) is 8. The number of fused-ring (bicyclic) bond motifs is 3. The first-order chi connectivity index (χ1) is 19.9. The molecule has 42 heavy (non-hydrogen) atoms. The summed E-state index contributed by atoms with van der Waals surface area (Å²) in [5.41, 5.74) is 2.26. The number of alkyl halides is 4. The molecule has 4 aromatic rings. The third-order valence-corrected chi connectivity index (χ3v) is 9.55. The minimum atomic E-state index is -4.98. The van der Waals surface area contributed by atoms with Gasteiger partial charge in [0.25, 0.3) is 0 Å². The normalized spacial score (nSPS) is 25.8. The molecule has 4 atom stereocenters. The van der Waals surface area contributed by atoms with Crippen molar-refractivity contribution in [3.05, 3.63) is 35.4 Å². The smallest absolute Gasteiger partial charge is 0.417 e. The second kappa shape index (κ2) is 9.56. The summed E-state index contributed by atoms with van der Waals surface area (Å²) >= 11 is 0.757. The number of rotatable bonds is 6. The van der Waals surface area contributed by atoms with Gasteiger partial charge < -0.3 is 15.8 Å². The maximum Gasteiger partial charge on any atom is 0.417 e. The van der Waals surface area contributed by atoms with E-state index in [4.69, 9.17) is 10.5 Å².